The Morgan fingerprint density at radius 3 is 1.39 bits per heavy atom. The molecule has 142 valence electrons. The van der Waals surface area contributed by atoms with Crippen LogP contribution < -0.4 is 9.47 Å². The van der Waals surface area contributed by atoms with Crippen molar-refractivity contribution in [1.82, 2.24) is 0 Å². The molecule has 0 fully saturated rings. The molecule has 0 heterocycles. The maximum absolute atomic E-state index is 9.62. The third kappa shape index (κ3) is 4.67. The van der Waals surface area contributed by atoms with Gasteiger partial charge in [0.2, 0.25) is 0 Å². The fourth-order valence-corrected chi connectivity index (χ4v) is 2.47. The third-order valence-electron chi connectivity index (χ3n) is 3.98. The van der Waals surface area contributed by atoms with E-state index in [1.807, 2.05) is 24.3 Å². The Hall–Kier alpha value is -3.80. The molecule has 3 aromatic carbocycles. The van der Waals surface area contributed by atoms with Crippen LogP contribution in [0.3, 0.4) is 0 Å². The van der Waals surface area contributed by atoms with Gasteiger partial charge in [-0.15, -0.1) is 0 Å². The zero-order valence-electron chi connectivity index (χ0n) is 15.5. The van der Waals surface area contributed by atoms with E-state index in [4.69, 9.17) is 9.47 Å². The lowest BCUT2D eigenvalue weighted by Gasteiger charge is -2.03. The number of nitrogens with zero attached hydrogens (tertiary/aromatic N) is 2. The molecule has 0 bridgehead atoms. The first-order valence-electron chi connectivity index (χ1n) is 8.51. The zero-order valence-corrected chi connectivity index (χ0v) is 15.5. The maximum Gasteiger partial charge on any atom is 0.161 e. The van der Waals surface area contributed by atoms with Crippen molar-refractivity contribution in [2.45, 2.75) is 0 Å². The van der Waals surface area contributed by atoms with Crippen LogP contribution in [-0.4, -0.2) is 36.9 Å². The van der Waals surface area contributed by atoms with Crippen LogP contribution >= 0.6 is 0 Å². The molecule has 3 rings (SSSR count). The quantitative estimate of drug-likeness (QED) is 0.615. The van der Waals surface area contributed by atoms with Crippen molar-refractivity contribution in [1.29, 1.82) is 0 Å². The minimum absolute atomic E-state index is 0.0908. The molecule has 6 nitrogen and oxygen atoms in total. The van der Waals surface area contributed by atoms with Gasteiger partial charge in [-0.3, -0.25) is 9.98 Å². The number of rotatable bonds is 6. The molecule has 2 N–H and O–H groups in total. The van der Waals surface area contributed by atoms with Crippen molar-refractivity contribution in [3.8, 4) is 23.0 Å². The van der Waals surface area contributed by atoms with E-state index in [0.29, 0.717) is 11.5 Å². The van der Waals surface area contributed by atoms with Gasteiger partial charge in [0, 0.05) is 12.4 Å². The number of ether oxygens (including phenoxy) is 2. The van der Waals surface area contributed by atoms with Crippen LogP contribution in [-0.2, 0) is 0 Å². The Labute approximate surface area is 163 Å². The number of hydrogen-bond donors (Lipinski definition) is 2. The molecule has 0 aliphatic rings. The smallest absolute Gasteiger partial charge is 0.161 e. The molecule has 0 aliphatic carbocycles. The molecule has 0 aliphatic heterocycles. The van der Waals surface area contributed by atoms with Gasteiger partial charge in [-0.05, 0) is 71.8 Å². The van der Waals surface area contributed by atoms with Crippen molar-refractivity contribution >= 4 is 23.8 Å². The summed E-state index contributed by atoms with van der Waals surface area (Å²) in [6.45, 7) is 0. The predicted molar refractivity (Wildman–Crippen MR) is 110 cm³/mol. The van der Waals surface area contributed by atoms with Gasteiger partial charge in [0.05, 0.1) is 25.6 Å². The summed E-state index contributed by atoms with van der Waals surface area (Å²) in [6.07, 6.45) is 3.39. The summed E-state index contributed by atoms with van der Waals surface area (Å²) in [6, 6.07) is 17.5. The molecule has 0 atom stereocenters. The Morgan fingerprint density at radius 1 is 0.643 bits per heavy atom. The van der Waals surface area contributed by atoms with Gasteiger partial charge in [-0.2, -0.15) is 0 Å². The molecular formula is C22H20N2O4. The minimum atomic E-state index is 0.0908. The first-order chi connectivity index (χ1) is 13.6. The standard InChI is InChI=1S/C22H20N2O4/c1-27-21-11-15(3-9-19(21)25)13-23-17-5-7-18(8-6-17)24-14-16-4-10-20(26)22(12-16)28-2/h3-14,25-26H,1-2H3. The summed E-state index contributed by atoms with van der Waals surface area (Å²) in [4.78, 5) is 8.83. The van der Waals surface area contributed by atoms with Gasteiger partial charge in [0.25, 0.3) is 0 Å². The van der Waals surface area contributed by atoms with E-state index in [0.717, 1.165) is 22.5 Å². The lowest BCUT2D eigenvalue weighted by Crippen LogP contribution is -1.87. The highest BCUT2D eigenvalue weighted by Crippen LogP contribution is 2.27. The van der Waals surface area contributed by atoms with Crippen LogP contribution in [0.5, 0.6) is 23.0 Å². The minimum Gasteiger partial charge on any atom is -0.504 e. The van der Waals surface area contributed by atoms with E-state index in [2.05, 4.69) is 9.98 Å². The molecule has 0 amide bonds. The highest BCUT2D eigenvalue weighted by atomic mass is 16.5. The van der Waals surface area contributed by atoms with Gasteiger partial charge in [-0.25, -0.2) is 0 Å². The molecule has 0 aromatic heterocycles. The first-order valence-corrected chi connectivity index (χ1v) is 8.51. The summed E-state index contributed by atoms with van der Waals surface area (Å²) in [5.74, 6) is 0.986. The predicted octanol–water partition coefficient (Wildman–Crippen LogP) is 4.62. The van der Waals surface area contributed by atoms with Crippen LogP contribution in [0.1, 0.15) is 11.1 Å². The van der Waals surface area contributed by atoms with Crippen molar-refractivity contribution in [2.24, 2.45) is 9.98 Å². The van der Waals surface area contributed by atoms with E-state index in [9.17, 15) is 10.2 Å². The highest BCUT2D eigenvalue weighted by molar-refractivity contribution is 5.84. The number of aromatic hydroxyl groups is 2. The molecule has 0 spiro atoms. The molecule has 0 saturated carbocycles. The highest BCUT2D eigenvalue weighted by Gasteiger charge is 2.02. The summed E-state index contributed by atoms with van der Waals surface area (Å²) in [7, 11) is 3.01. The van der Waals surface area contributed by atoms with Crippen LogP contribution in [0.25, 0.3) is 0 Å². The van der Waals surface area contributed by atoms with Crippen molar-refractivity contribution in [3.05, 3.63) is 71.8 Å². The van der Waals surface area contributed by atoms with Crippen LogP contribution in [0, 0.1) is 0 Å². The lowest BCUT2D eigenvalue weighted by atomic mass is 10.2. The second-order valence-electron chi connectivity index (χ2n) is 5.90. The Balaban J connectivity index is 1.69. The molecule has 0 unspecified atom stereocenters. The lowest BCUT2D eigenvalue weighted by molar-refractivity contribution is 0.373. The monoisotopic (exact) mass is 376 g/mol. The topological polar surface area (TPSA) is 83.6 Å². The molecule has 0 saturated heterocycles. The largest absolute Gasteiger partial charge is 0.504 e. The van der Waals surface area contributed by atoms with Crippen molar-refractivity contribution in [3.63, 3.8) is 0 Å². The Bertz CT molecular complexity index is 929. The van der Waals surface area contributed by atoms with Crippen LogP contribution in [0.15, 0.2) is 70.6 Å². The van der Waals surface area contributed by atoms with E-state index < -0.39 is 0 Å². The van der Waals surface area contributed by atoms with Crippen LogP contribution in [0.4, 0.5) is 11.4 Å². The second-order valence-corrected chi connectivity index (χ2v) is 5.90. The van der Waals surface area contributed by atoms with E-state index in [1.165, 1.54) is 14.2 Å². The molecule has 0 radical (unpaired) electrons. The SMILES string of the molecule is COc1cc(C=Nc2ccc(N=Cc3ccc(O)c(OC)c3)cc2)ccc1O. The molecule has 3 aromatic rings. The maximum atomic E-state index is 9.62. The molecular weight excluding hydrogens is 356 g/mol. The molecule has 28 heavy (non-hydrogen) atoms. The van der Waals surface area contributed by atoms with Gasteiger partial charge in [0.1, 0.15) is 0 Å². The van der Waals surface area contributed by atoms with Gasteiger partial charge < -0.3 is 19.7 Å². The number of hydrogen-bond acceptors (Lipinski definition) is 6. The third-order valence-corrected chi connectivity index (χ3v) is 3.98. The summed E-state index contributed by atoms with van der Waals surface area (Å²) in [5, 5.41) is 19.2. The van der Waals surface area contributed by atoms with Gasteiger partial charge >= 0.3 is 0 Å². The fourth-order valence-electron chi connectivity index (χ4n) is 2.47. The summed E-state index contributed by atoms with van der Waals surface area (Å²) in [5.41, 5.74) is 3.19. The zero-order chi connectivity index (χ0) is 19.9. The number of benzene rings is 3. The average molecular weight is 376 g/mol. The van der Waals surface area contributed by atoms with Crippen molar-refractivity contribution < 1.29 is 19.7 Å². The van der Waals surface area contributed by atoms with E-state index in [1.54, 1.807) is 48.8 Å². The number of aliphatic imine (C=N–C) groups is 2. The van der Waals surface area contributed by atoms with Gasteiger partial charge in [-0.1, -0.05) is 0 Å². The number of methoxy groups -OCH3 is 2. The Morgan fingerprint density at radius 2 is 1.04 bits per heavy atom. The first kappa shape index (κ1) is 19.0. The summed E-state index contributed by atoms with van der Waals surface area (Å²) >= 11 is 0. The Kier molecular flexibility index (Phi) is 5.91. The average Bonchev–Trinajstić information content (AvgIpc) is 2.73. The van der Waals surface area contributed by atoms with E-state index >= 15 is 0 Å². The number of phenols is 2. The van der Waals surface area contributed by atoms with Gasteiger partial charge in [0.15, 0.2) is 23.0 Å². The second kappa shape index (κ2) is 8.73. The normalized spacial score (nSPS) is 11.2. The van der Waals surface area contributed by atoms with Crippen LogP contribution in [0.2, 0.25) is 0 Å². The molecule has 6 heteroatoms. The summed E-state index contributed by atoms with van der Waals surface area (Å²) < 4.78 is 10.2. The number of phenolic OH excluding ortho intramolecular Hbond substituents is 2. The fraction of sp³-hybridized carbons (Fsp3) is 0.0909. The van der Waals surface area contributed by atoms with Crippen molar-refractivity contribution in [2.75, 3.05) is 14.2 Å². The van der Waals surface area contributed by atoms with E-state index in [-0.39, 0.29) is 11.5 Å².